The highest BCUT2D eigenvalue weighted by molar-refractivity contribution is 6.30. The maximum Gasteiger partial charge on any atom is 0.250 e. The van der Waals surface area contributed by atoms with E-state index in [0.717, 1.165) is 42.9 Å². The molecule has 0 aliphatic carbocycles. The largest absolute Gasteiger partial charge is 0.366 e. The topological polar surface area (TPSA) is 123 Å². The van der Waals surface area contributed by atoms with E-state index in [1.165, 1.54) is 0 Å². The molecule has 0 unspecified atom stereocenters. The number of halogens is 1. The fraction of sp³-hybridized carbons (Fsp3) is 0.318. The van der Waals surface area contributed by atoms with Gasteiger partial charge in [0.1, 0.15) is 5.84 Å². The maximum atomic E-state index is 12.1. The van der Waals surface area contributed by atoms with Gasteiger partial charge >= 0.3 is 0 Å². The predicted molar refractivity (Wildman–Crippen MR) is 118 cm³/mol. The molecule has 2 aromatic rings. The zero-order chi connectivity index (χ0) is 21.3. The van der Waals surface area contributed by atoms with Crippen LogP contribution in [-0.4, -0.2) is 30.7 Å². The minimum absolute atomic E-state index is 0.267. The van der Waals surface area contributed by atoms with Crippen molar-refractivity contribution in [2.75, 3.05) is 18.4 Å². The standard InChI is InChI=1S/C22H24ClN5O2/c23-14-3-1-2-13(10-14)12-27-21-22(6-8-26-9-7-22)11-17-15(19(24)29)4-5-16(20(25)30)18(17)28-21/h1-5,10,26H,6-9,11-12H2,(H2,24,29)(H2,25,30)(H,27,28). The zero-order valence-corrected chi connectivity index (χ0v) is 17.3. The van der Waals surface area contributed by atoms with Gasteiger partial charge in [-0.3, -0.25) is 14.6 Å². The Morgan fingerprint density at radius 1 is 1.07 bits per heavy atom. The second-order valence-corrected chi connectivity index (χ2v) is 8.31. The van der Waals surface area contributed by atoms with Gasteiger partial charge in [-0.1, -0.05) is 23.7 Å². The summed E-state index contributed by atoms with van der Waals surface area (Å²) >= 11 is 6.11. The number of carbonyl (C=O) groups excluding carboxylic acids is 2. The number of aliphatic imine (C=N–C) groups is 1. The Balaban J connectivity index is 1.81. The molecule has 30 heavy (non-hydrogen) atoms. The number of fused-ring (bicyclic) bond motifs is 1. The number of amidine groups is 1. The summed E-state index contributed by atoms with van der Waals surface area (Å²) in [6.45, 7) is 2.14. The molecule has 7 nitrogen and oxygen atoms in total. The minimum atomic E-state index is -0.565. The van der Waals surface area contributed by atoms with Crippen LogP contribution in [0.5, 0.6) is 0 Å². The number of anilines is 1. The van der Waals surface area contributed by atoms with E-state index in [4.69, 9.17) is 28.1 Å². The van der Waals surface area contributed by atoms with Crippen LogP contribution in [0.2, 0.25) is 5.02 Å². The molecule has 0 bridgehead atoms. The molecule has 2 aliphatic rings. The Bertz CT molecular complexity index is 1040. The molecule has 1 spiro atoms. The Kier molecular flexibility index (Phi) is 5.49. The second-order valence-electron chi connectivity index (χ2n) is 7.87. The Hall–Kier alpha value is -2.90. The molecule has 2 amide bonds. The van der Waals surface area contributed by atoms with Crippen LogP contribution < -0.4 is 22.1 Å². The molecule has 6 N–H and O–H groups in total. The van der Waals surface area contributed by atoms with Crippen LogP contribution in [-0.2, 0) is 13.0 Å². The summed E-state index contributed by atoms with van der Waals surface area (Å²) in [6, 6.07) is 10.7. The molecule has 1 fully saturated rings. The number of hydrogen-bond acceptors (Lipinski definition) is 4. The summed E-state index contributed by atoms with van der Waals surface area (Å²) in [5.74, 6) is -0.279. The number of piperidine rings is 1. The molecule has 0 aromatic heterocycles. The quantitative estimate of drug-likeness (QED) is 0.600. The van der Waals surface area contributed by atoms with Gasteiger partial charge in [0.25, 0.3) is 5.91 Å². The number of benzene rings is 2. The maximum absolute atomic E-state index is 12.1. The second kappa shape index (κ2) is 8.08. The molecule has 1 saturated heterocycles. The normalized spacial score (nSPS) is 18.6. The van der Waals surface area contributed by atoms with Gasteiger partial charge in [0.15, 0.2) is 0 Å². The lowest BCUT2D eigenvalue weighted by Gasteiger charge is -2.43. The lowest BCUT2D eigenvalue weighted by Crippen LogP contribution is -2.49. The van der Waals surface area contributed by atoms with E-state index in [2.05, 4.69) is 10.6 Å². The van der Waals surface area contributed by atoms with Crippen LogP contribution >= 0.6 is 11.6 Å². The van der Waals surface area contributed by atoms with E-state index in [9.17, 15) is 9.59 Å². The van der Waals surface area contributed by atoms with E-state index in [-0.39, 0.29) is 5.41 Å². The number of nitrogens with zero attached hydrogens (tertiary/aromatic N) is 1. The molecule has 2 aromatic carbocycles. The van der Waals surface area contributed by atoms with Crippen molar-refractivity contribution < 1.29 is 9.59 Å². The molecule has 2 aliphatic heterocycles. The first-order valence-corrected chi connectivity index (χ1v) is 10.3. The number of nitrogens with one attached hydrogen (secondary N) is 2. The molecule has 8 heteroatoms. The molecule has 0 atom stereocenters. The van der Waals surface area contributed by atoms with Crippen LogP contribution in [0, 0.1) is 5.41 Å². The first-order valence-electron chi connectivity index (χ1n) is 9.92. The molecule has 2 heterocycles. The van der Waals surface area contributed by atoms with E-state index < -0.39 is 11.8 Å². The van der Waals surface area contributed by atoms with Gasteiger partial charge in [0, 0.05) is 16.0 Å². The molecular weight excluding hydrogens is 402 g/mol. The van der Waals surface area contributed by atoms with Gasteiger partial charge in [0.2, 0.25) is 5.91 Å². The zero-order valence-electron chi connectivity index (χ0n) is 16.5. The molecule has 0 radical (unpaired) electrons. The Labute approximate surface area is 179 Å². The first kappa shape index (κ1) is 20.4. The van der Waals surface area contributed by atoms with Crippen molar-refractivity contribution in [3.05, 3.63) is 63.7 Å². The van der Waals surface area contributed by atoms with Crippen LogP contribution in [0.1, 0.15) is 44.7 Å². The summed E-state index contributed by atoms with van der Waals surface area (Å²) in [5, 5.41) is 7.41. The van der Waals surface area contributed by atoms with Gasteiger partial charge in [-0.05, 0) is 67.7 Å². The number of amides is 2. The summed E-state index contributed by atoms with van der Waals surface area (Å²) in [7, 11) is 0. The minimum Gasteiger partial charge on any atom is -0.366 e. The highest BCUT2D eigenvalue weighted by Gasteiger charge is 2.43. The van der Waals surface area contributed by atoms with Crippen LogP contribution in [0.4, 0.5) is 5.69 Å². The number of rotatable bonds is 4. The van der Waals surface area contributed by atoms with E-state index in [1.54, 1.807) is 12.1 Å². The fourth-order valence-electron chi connectivity index (χ4n) is 4.42. The third-order valence-electron chi connectivity index (χ3n) is 5.97. The number of nitrogens with two attached hydrogens (primary N) is 2. The van der Waals surface area contributed by atoms with Crippen molar-refractivity contribution in [2.45, 2.75) is 25.8 Å². The van der Waals surface area contributed by atoms with Crippen molar-refractivity contribution in [1.29, 1.82) is 0 Å². The summed E-state index contributed by atoms with van der Waals surface area (Å²) in [4.78, 5) is 29.0. The van der Waals surface area contributed by atoms with Crippen molar-refractivity contribution in [1.82, 2.24) is 5.32 Å². The lowest BCUT2D eigenvalue weighted by molar-refractivity contribution is 0.0987. The number of carbonyl (C=O) groups is 2. The predicted octanol–water partition coefficient (Wildman–Crippen LogP) is 2.47. The molecule has 4 rings (SSSR count). The lowest BCUT2D eigenvalue weighted by atomic mass is 9.69. The molecule has 156 valence electrons. The number of hydrogen-bond donors (Lipinski definition) is 4. The van der Waals surface area contributed by atoms with E-state index in [1.807, 2.05) is 24.3 Å². The van der Waals surface area contributed by atoms with Crippen LogP contribution in [0.25, 0.3) is 0 Å². The van der Waals surface area contributed by atoms with E-state index in [0.29, 0.717) is 34.8 Å². The average molecular weight is 426 g/mol. The summed E-state index contributed by atoms with van der Waals surface area (Å²) in [6.07, 6.45) is 2.28. The van der Waals surface area contributed by atoms with E-state index >= 15 is 0 Å². The summed E-state index contributed by atoms with van der Waals surface area (Å²) < 4.78 is 0. The van der Waals surface area contributed by atoms with Crippen molar-refractivity contribution in [3.63, 3.8) is 0 Å². The average Bonchev–Trinajstić information content (AvgIpc) is 2.72. The van der Waals surface area contributed by atoms with Crippen LogP contribution in [0.15, 0.2) is 41.4 Å². The van der Waals surface area contributed by atoms with Gasteiger partial charge in [0.05, 0.1) is 17.8 Å². The highest BCUT2D eigenvalue weighted by Crippen LogP contribution is 2.43. The monoisotopic (exact) mass is 425 g/mol. The first-order chi connectivity index (χ1) is 14.4. The van der Waals surface area contributed by atoms with Crippen molar-refractivity contribution >= 4 is 34.9 Å². The SMILES string of the molecule is NC(=O)c1ccc(C(N)=O)c2c1CC1(CCNCC1)C(=NCc1cccc(Cl)c1)N2. The van der Waals surface area contributed by atoms with Crippen molar-refractivity contribution in [2.24, 2.45) is 21.9 Å². The third-order valence-corrected chi connectivity index (χ3v) is 6.21. The third kappa shape index (κ3) is 3.78. The van der Waals surface area contributed by atoms with Gasteiger partial charge < -0.3 is 22.1 Å². The van der Waals surface area contributed by atoms with Gasteiger partial charge in [-0.25, -0.2) is 0 Å². The summed E-state index contributed by atoms with van der Waals surface area (Å²) in [5.41, 5.74) is 14.0. The smallest absolute Gasteiger partial charge is 0.250 e. The highest BCUT2D eigenvalue weighted by atomic mass is 35.5. The van der Waals surface area contributed by atoms with Gasteiger partial charge in [-0.15, -0.1) is 0 Å². The fourth-order valence-corrected chi connectivity index (χ4v) is 4.63. The molecule has 0 saturated carbocycles. The number of primary amides is 2. The van der Waals surface area contributed by atoms with Gasteiger partial charge in [-0.2, -0.15) is 0 Å². The van der Waals surface area contributed by atoms with Crippen LogP contribution in [0.3, 0.4) is 0 Å². The Morgan fingerprint density at radius 3 is 2.43 bits per heavy atom. The molecular formula is C22H24ClN5O2. The Morgan fingerprint density at radius 2 is 1.77 bits per heavy atom. The van der Waals surface area contributed by atoms with Crippen molar-refractivity contribution in [3.8, 4) is 0 Å².